The molecule has 6 nitrogen and oxygen atoms in total. The van der Waals surface area contributed by atoms with E-state index in [1.807, 2.05) is 0 Å². The zero-order chi connectivity index (χ0) is 13.8. The van der Waals surface area contributed by atoms with E-state index in [0.29, 0.717) is 18.7 Å². The lowest BCUT2D eigenvalue weighted by Gasteiger charge is -2.30. The molecule has 0 bridgehead atoms. The number of carbonyl (C=O) groups excluding carboxylic acids is 1. The summed E-state index contributed by atoms with van der Waals surface area (Å²) < 4.78 is 5.08. The number of hydrogen-bond acceptors (Lipinski definition) is 4. The number of carboxylic acid groups (broad SMARTS) is 1. The predicted molar refractivity (Wildman–Crippen MR) is 67.6 cm³/mol. The highest BCUT2D eigenvalue weighted by molar-refractivity contribution is 5.94. The number of aliphatic carboxylic acids is 1. The Morgan fingerprint density at radius 3 is 2.63 bits per heavy atom. The Balaban J connectivity index is 2.07. The summed E-state index contributed by atoms with van der Waals surface area (Å²) in [6.45, 7) is 1.14. The minimum absolute atomic E-state index is 0.0762. The quantitative estimate of drug-likeness (QED) is 0.806. The number of carboxylic acids is 1. The fourth-order valence-corrected chi connectivity index (χ4v) is 1.95. The maximum absolute atomic E-state index is 12.2. The fourth-order valence-electron chi connectivity index (χ4n) is 1.95. The average molecular weight is 264 g/mol. The van der Waals surface area contributed by atoms with Crippen LogP contribution >= 0.6 is 0 Å². The molecule has 0 aromatic heterocycles. The standard InChI is InChI=1S/C13H16N2O4/c14-7-9-1-3-10(4-2-9)12(16)15-5-6-19-11(8-15)13(17)18/h1-4,11H,5-8,14H2,(H,17,18). The van der Waals surface area contributed by atoms with Crippen molar-refractivity contribution >= 4 is 11.9 Å². The first kappa shape index (κ1) is 13.5. The topological polar surface area (TPSA) is 92.9 Å². The Hall–Kier alpha value is -1.92. The third-order valence-electron chi connectivity index (χ3n) is 3.07. The Bertz CT molecular complexity index is 472. The number of benzene rings is 1. The second-order valence-electron chi connectivity index (χ2n) is 4.35. The van der Waals surface area contributed by atoms with Crippen LogP contribution in [0.25, 0.3) is 0 Å². The largest absolute Gasteiger partial charge is 0.479 e. The van der Waals surface area contributed by atoms with Gasteiger partial charge in [-0.3, -0.25) is 4.79 Å². The highest BCUT2D eigenvalue weighted by Gasteiger charge is 2.29. The van der Waals surface area contributed by atoms with Gasteiger partial charge >= 0.3 is 5.97 Å². The Morgan fingerprint density at radius 2 is 2.05 bits per heavy atom. The molecule has 1 aliphatic heterocycles. The average Bonchev–Trinajstić information content (AvgIpc) is 2.46. The number of hydrogen-bond donors (Lipinski definition) is 2. The molecule has 0 saturated carbocycles. The highest BCUT2D eigenvalue weighted by atomic mass is 16.5. The molecule has 6 heteroatoms. The van der Waals surface area contributed by atoms with Crippen LogP contribution in [0.3, 0.4) is 0 Å². The summed E-state index contributed by atoms with van der Waals surface area (Å²) in [5.41, 5.74) is 6.97. The first-order valence-corrected chi connectivity index (χ1v) is 6.04. The molecule has 1 atom stereocenters. The molecule has 0 radical (unpaired) electrons. The van der Waals surface area contributed by atoms with Crippen LogP contribution in [0.15, 0.2) is 24.3 Å². The van der Waals surface area contributed by atoms with Gasteiger partial charge in [0, 0.05) is 18.7 Å². The molecule has 1 unspecified atom stereocenters. The van der Waals surface area contributed by atoms with E-state index in [1.165, 1.54) is 4.90 Å². The van der Waals surface area contributed by atoms with Crippen molar-refractivity contribution in [3.05, 3.63) is 35.4 Å². The molecule has 102 valence electrons. The van der Waals surface area contributed by atoms with E-state index in [2.05, 4.69) is 0 Å². The SMILES string of the molecule is NCc1ccc(C(=O)N2CCOC(C(=O)O)C2)cc1. The lowest BCUT2D eigenvalue weighted by Crippen LogP contribution is -2.48. The van der Waals surface area contributed by atoms with E-state index in [4.69, 9.17) is 15.6 Å². The number of nitrogens with two attached hydrogens (primary N) is 1. The van der Waals surface area contributed by atoms with Gasteiger partial charge in [-0.15, -0.1) is 0 Å². The fraction of sp³-hybridized carbons (Fsp3) is 0.385. The molecule has 19 heavy (non-hydrogen) atoms. The second-order valence-corrected chi connectivity index (χ2v) is 4.35. The molecule has 1 aromatic carbocycles. The molecular formula is C13H16N2O4. The Morgan fingerprint density at radius 1 is 1.37 bits per heavy atom. The van der Waals surface area contributed by atoms with E-state index in [-0.39, 0.29) is 19.1 Å². The van der Waals surface area contributed by atoms with Gasteiger partial charge < -0.3 is 20.5 Å². The molecular weight excluding hydrogens is 248 g/mol. The van der Waals surface area contributed by atoms with Crippen LogP contribution < -0.4 is 5.73 Å². The zero-order valence-corrected chi connectivity index (χ0v) is 10.4. The third-order valence-corrected chi connectivity index (χ3v) is 3.07. The molecule has 1 saturated heterocycles. The first-order valence-electron chi connectivity index (χ1n) is 6.04. The van der Waals surface area contributed by atoms with Crippen LogP contribution in [0.5, 0.6) is 0 Å². The first-order chi connectivity index (χ1) is 9.11. The Kier molecular flexibility index (Phi) is 4.13. The molecule has 3 N–H and O–H groups in total. The van der Waals surface area contributed by atoms with Crippen LogP contribution in [0.2, 0.25) is 0 Å². The summed E-state index contributed by atoms with van der Waals surface area (Å²) in [6.07, 6.45) is -0.944. The minimum Gasteiger partial charge on any atom is -0.479 e. The van der Waals surface area contributed by atoms with E-state index in [1.54, 1.807) is 24.3 Å². The summed E-state index contributed by atoms with van der Waals surface area (Å²) in [6, 6.07) is 7.00. The predicted octanol–water partition coefficient (Wildman–Crippen LogP) is 0.0709. The lowest BCUT2D eigenvalue weighted by atomic mass is 10.1. The number of ether oxygens (including phenoxy) is 1. The van der Waals surface area contributed by atoms with Gasteiger partial charge in [0.2, 0.25) is 0 Å². The Labute approximate surface area is 110 Å². The molecule has 1 aromatic rings. The van der Waals surface area contributed by atoms with Crippen molar-refractivity contribution in [1.29, 1.82) is 0 Å². The summed E-state index contributed by atoms with van der Waals surface area (Å²) in [5, 5.41) is 8.90. The van der Waals surface area contributed by atoms with Gasteiger partial charge in [0.15, 0.2) is 6.10 Å². The summed E-state index contributed by atoms with van der Waals surface area (Å²) >= 11 is 0. The normalized spacial score (nSPS) is 19.2. The van der Waals surface area contributed by atoms with E-state index in [9.17, 15) is 9.59 Å². The van der Waals surface area contributed by atoms with Crippen LogP contribution in [-0.2, 0) is 16.1 Å². The van der Waals surface area contributed by atoms with Gasteiger partial charge in [-0.1, -0.05) is 12.1 Å². The number of amides is 1. The van der Waals surface area contributed by atoms with Gasteiger partial charge in [-0.25, -0.2) is 4.79 Å². The maximum atomic E-state index is 12.2. The zero-order valence-electron chi connectivity index (χ0n) is 10.4. The van der Waals surface area contributed by atoms with E-state index in [0.717, 1.165) is 5.56 Å². The second kappa shape index (κ2) is 5.81. The van der Waals surface area contributed by atoms with Gasteiger partial charge in [-0.2, -0.15) is 0 Å². The summed E-state index contributed by atoms with van der Waals surface area (Å²) in [4.78, 5) is 24.6. The third kappa shape index (κ3) is 3.10. The smallest absolute Gasteiger partial charge is 0.334 e. The molecule has 0 aliphatic carbocycles. The molecule has 1 heterocycles. The molecule has 0 spiro atoms. The van der Waals surface area contributed by atoms with Crippen LogP contribution in [0.1, 0.15) is 15.9 Å². The maximum Gasteiger partial charge on any atom is 0.334 e. The van der Waals surface area contributed by atoms with Crippen molar-refractivity contribution in [2.24, 2.45) is 5.73 Å². The van der Waals surface area contributed by atoms with Crippen molar-refractivity contribution in [2.45, 2.75) is 12.6 Å². The van der Waals surface area contributed by atoms with Crippen molar-refractivity contribution in [3.63, 3.8) is 0 Å². The van der Waals surface area contributed by atoms with E-state index >= 15 is 0 Å². The number of nitrogens with zero attached hydrogens (tertiary/aromatic N) is 1. The van der Waals surface area contributed by atoms with Crippen LogP contribution in [0, 0.1) is 0 Å². The minimum atomic E-state index is -1.05. The highest BCUT2D eigenvalue weighted by Crippen LogP contribution is 2.12. The van der Waals surface area contributed by atoms with Gasteiger partial charge in [-0.05, 0) is 17.7 Å². The summed E-state index contributed by atoms with van der Waals surface area (Å²) in [7, 11) is 0. The van der Waals surface area contributed by atoms with Crippen LogP contribution in [0.4, 0.5) is 0 Å². The van der Waals surface area contributed by atoms with E-state index < -0.39 is 12.1 Å². The van der Waals surface area contributed by atoms with Crippen molar-refractivity contribution in [2.75, 3.05) is 19.7 Å². The summed E-state index contributed by atoms with van der Waals surface area (Å²) in [5.74, 6) is -1.23. The molecule has 2 rings (SSSR count). The molecule has 1 aliphatic rings. The number of rotatable bonds is 3. The van der Waals surface area contributed by atoms with Gasteiger partial charge in [0.05, 0.1) is 13.2 Å². The lowest BCUT2D eigenvalue weighted by molar-refractivity contribution is -0.154. The van der Waals surface area contributed by atoms with Gasteiger partial charge in [0.25, 0.3) is 5.91 Å². The molecule has 1 amide bonds. The monoisotopic (exact) mass is 264 g/mol. The number of morpholine rings is 1. The van der Waals surface area contributed by atoms with Crippen LogP contribution in [-0.4, -0.2) is 47.7 Å². The van der Waals surface area contributed by atoms with Crippen molar-refractivity contribution < 1.29 is 19.4 Å². The van der Waals surface area contributed by atoms with Crippen molar-refractivity contribution in [1.82, 2.24) is 4.90 Å². The van der Waals surface area contributed by atoms with Gasteiger partial charge in [0.1, 0.15) is 0 Å². The molecule has 1 fully saturated rings. The number of carbonyl (C=O) groups is 2. The van der Waals surface area contributed by atoms with Crippen molar-refractivity contribution in [3.8, 4) is 0 Å².